The number of fused-ring (bicyclic) bond motifs is 3. The molecule has 0 unspecified atom stereocenters. The number of nitrogens with zero attached hydrogens (tertiary/aromatic N) is 2. The topological polar surface area (TPSA) is 25.8 Å². The predicted molar refractivity (Wildman–Crippen MR) is 50.3 cm³/mol. The van der Waals surface area contributed by atoms with E-state index in [0.29, 0.717) is 0 Å². The summed E-state index contributed by atoms with van der Waals surface area (Å²) >= 11 is 0. The van der Waals surface area contributed by atoms with Crippen LogP contribution in [-0.4, -0.2) is 9.97 Å². The smallest absolute Gasteiger partial charge is 0.0923 e. The minimum atomic E-state index is 0.930. The molecule has 1 heterocycles. The third-order valence-electron chi connectivity index (χ3n) is 2.40. The van der Waals surface area contributed by atoms with Gasteiger partial charge in [-0.3, -0.25) is 9.97 Å². The standard InChI is InChI=1S/C11H8N2/c1-2-4-9-8(3-1)7-10-11(9)13-6-5-12-10/h1-6H,7H2. The third kappa shape index (κ3) is 0.886. The van der Waals surface area contributed by atoms with E-state index in [1.54, 1.807) is 12.4 Å². The summed E-state index contributed by atoms with van der Waals surface area (Å²) < 4.78 is 0. The fourth-order valence-corrected chi connectivity index (χ4v) is 1.81. The molecule has 2 heteroatoms. The van der Waals surface area contributed by atoms with E-state index in [2.05, 4.69) is 28.2 Å². The molecule has 0 amide bonds. The number of rotatable bonds is 0. The van der Waals surface area contributed by atoms with Gasteiger partial charge in [-0.05, 0) is 5.56 Å². The van der Waals surface area contributed by atoms with Crippen LogP contribution in [0.3, 0.4) is 0 Å². The second-order valence-corrected chi connectivity index (χ2v) is 3.19. The van der Waals surface area contributed by atoms with Crippen LogP contribution in [-0.2, 0) is 6.42 Å². The van der Waals surface area contributed by atoms with Crippen LogP contribution in [0.4, 0.5) is 0 Å². The van der Waals surface area contributed by atoms with Gasteiger partial charge in [-0.1, -0.05) is 24.3 Å². The molecule has 1 aliphatic rings. The van der Waals surface area contributed by atoms with E-state index >= 15 is 0 Å². The molecule has 3 rings (SSSR count). The summed E-state index contributed by atoms with van der Waals surface area (Å²) in [6, 6.07) is 8.35. The van der Waals surface area contributed by atoms with Gasteiger partial charge < -0.3 is 0 Å². The van der Waals surface area contributed by atoms with E-state index < -0.39 is 0 Å². The normalized spacial score (nSPS) is 12.3. The minimum Gasteiger partial charge on any atom is -0.257 e. The van der Waals surface area contributed by atoms with Gasteiger partial charge in [0.2, 0.25) is 0 Å². The van der Waals surface area contributed by atoms with Crippen molar-refractivity contribution in [2.75, 3.05) is 0 Å². The van der Waals surface area contributed by atoms with Gasteiger partial charge in [0.25, 0.3) is 0 Å². The molecule has 0 atom stereocenters. The summed E-state index contributed by atoms with van der Waals surface area (Å²) in [5.74, 6) is 0. The summed E-state index contributed by atoms with van der Waals surface area (Å²) in [5, 5.41) is 0. The first-order valence-electron chi connectivity index (χ1n) is 4.33. The van der Waals surface area contributed by atoms with E-state index in [9.17, 15) is 0 Å². The molecule has 0 fully saturated rings. The lowest BCUT2D eigenvalue weighted by atomic mass is 10.1. The Labute approximate surface area is 76.3 Å². The molecule has 0 aliphatic heterocycles. The largest absolute Gasteiger partial charge is 0.257 e. The average molecular weight is 168 g/mol. The van der Waals surface area contributed by atoms with E-state index in [4.69, 9.17) is 0 Å². The molecular formula is C11H8N2. The van der Waals surface area contributed by atoms with Gasteiger partial charge in [0, 0.05) is 24.4 Å². The van der Waals surface area contributed by atoms with Crippen molar-refractivity contribution in [2.45, 2.75) is 6.42 Å². The minimum absolute atomic E-state index is 0.930. The van der Waals surface area contributed by atoms with Gasteiger partial charge in [0.05, 0.1) is 11.4 Å². The van der Waals surface area contributed by atoms with Crippen molar-refractivity contribution in [1.29, 1.82) is 0 Å². The molecule has 0 bridgehead atoms. The highest BCUT2D eigenvalue weighted by molar-refractivity contribution is 5.71. The lowest BCUT2D eigenvalue weighted by Gasteiger charge is -1.96. The first-order valence-corrected chi connectivity index (χ1v) is 4.33. The van der Waals surface area contributed by atoms with Crippen LogP contribution >= 0.6 is 0 Å². The van der Waals surface area contributed by atoms with Crippen molar-refractivity contribution in [3.63, 3.8) is 0 Å². The van der Waals surface area contributed by atoms with Crippen LogP contribution in [0.25, 0.3) is 11.3 Å². The number of benzene rings is 1. The Bertz CT molecular complexity index is 420. The molecule has 13 heavy (non-hydrogen) atoms. The van der Waals surface area contributed by atoms with Crippen molar-refractivity contribution in [3.8, 4) is 11.3 Å². The van der Waals surface area contributed by atoms with Crippen molar-refractivity contribution in [3.05, 3.63) is 47.9 Å². The Morgan fingerprint density at radius 2 is 1.85 bits per heavy atom. The molecule has 0 radical (unpaired) electrons. The summed E-state index contributed by atoms with van der Waals surface area (Å²) in [6.07, 6.45) is 4.44. The van der Waals surface area contributed by atoms with Crippen LogP contribution in [0, 0.1) is 0 Å². The fraction of sp³-hybridized carbons (Fsp3) is 0.0909. The van der Waals surface area contributed by atoms with Crippen LogP contribution in [0.1, 0.15) is 11.3 Å². The van der Waals surface area contributed by atoms with Crippen molar-refractivity contribution in [1.82, 2.24) is 9.97 Å². The molecule has 0 saturated carbocycles. The highest BCUT2D eigenvalue weighted by atomic mass is 14.8. The Morgan fingerprint density at radius 3 is 2.85 bits per heavy atom. The zero-order chi connectivity index (χ0) is 8.67. The number of hydrogen-bond donors (Lipinski definition) is 0. The second kappa shape index (κ2) is 2.39. The summed E-state index contributed by atoms with van der Waals surface area (Å²) in [6.45, 7) is 0. The van der Waals surface area contributed by atoms with E-state index in [1.807, 2.05) is 6.07 Å². The van der Waals surface area contributed by atoms with Crippen LogP contribution in [0.15, 0.2) is 36.7 Å². The van der Waals surface area contributed by atoms with Crippen LogP contribution in [0.5, 0.6) is 0 Å². The molecule has 0 N–H and O–H groups in total. The van der Waals surface area contributed by atoms with Gasteiger partial charge in [-0.2, -0.15) is 0 Å². The maximum Gasteiger partial charge on any atom is 0.0923 e. The molecule has 1 aromatic carbocycles. The van der Waals surface area contributed by atoms with E-state index in [1.165, 1.54) is 11.1 Å². The monoisotopic (exact) mass is 168 g/mol. The Balaban J connectivity index is 2.32. The van der Waals surface area contributed by atoms with Gasteiger partial charge in [-0.15, -0.1) is 0 Å². The molecule has 1 aliphatic carbocycles. The third-order valence-corrected chi connectivity index (χ3v) is 2.40. The zero-order valence-corrected chi connectivity index (χ0v) is 7.07. The van der Waals surface area contributed by atoms with E-state index in [-0.39, 0.29) is 0 Å². The molecule has 0 spiro atoms. The quantitative estimate of drug-likeness (QED) is 0.513. The Hall–Kier alpha value is -1.70. The van der Waals surface area contributed by atoms with Crippen molar-refractivity contribution < 1.29 is 0 Å². The van der Waals surface area contributed by atoms with Gasteiger partial charge in [0.15, 0.2) is 0 Å². The Kier molecular flexibility index (Phi) is 1.25. The molecule has 2 aromatic rings. The molecule has 62 valence electrons. The van der Waals surface area contributed by atoms with Gasteiger partial charge in [-0.25, -0.2) is 0 Å². The first kappa shape index (κ1) is 6.78. The highest BCUT2D eigenvalue weighted by Gasteiger charge is 2.18. The number of aromatic nitrogens is 2. The second-order valence-electron chi connectivity index (χ2n) is 3.19. The molecule has 2 nitrogen and oxygen atoms in total. The average Bonchev–Trinajstić information content (AvgIpc) is 2.56. The van der Waals surface area contributed by atoms with Crippen molar-refractivity contribution in [2.24, 2.45) is 0 Å². The maximum atomic E-state index is 4.34. The highest BCUT2D eigenvalue weighted by Crippen LogP contribution is 2.32. The summed E-state index contributed by atoms with van der Waals surface area (Å²) in [7, 11) is 0. The summed E-state index contributed by atoms with van der Waals surface area (Å²) in [4.78, 5) is 8.65. The van der Waals surface area contributed by atoms with E-state index in [0.717, 1.165) is 17.8 Å². The zero-order valence-electron chi connectivity index (χ0n) is 7.07. The molecule has 1 aromatic heterocycles. The van der Waals surface area contributed by atoms with Gasteiger partial charge in [0.1, 0.15) is 0 Å². The maximum absolute atomic E-state index is 4.34. The molecule has 0 saturated heterocycles. The SMILES string of the molecule is c1ccc2c(c1)Cc1nccnc1-2. The summed E-state index contributed by atoms with van der Waals surface area (Å²) in [5.41, 5.74) is 4.73. The number of hydrogen-bond acceptors (Lipinski definition) is 2. The lowest BCUT2D eigenvalue weighted by Crippen LogP contribution is -1.86. The Morgan fingerprint density at radius 1 is 1.00 bits per heavy atom. The van der Waals surface area contributed by atoms with Crippen molar-refractivity contribution >= 4 is 0 Å². The first-order chi connectivity index (χ1) is 6.45. The molecular weight excluding hydrogens is 160 g/mol. The van der Waals surface area contributed by atoms with Gasteiger partial charge >= 0.3 is 0 Å². The predicted octanol–water partition coefficient (Wildman–Crippen LogP) is 2.05. The van der Waals surface area contributed by atoms with Crippen LogP contribution < -0.4 is 0 Å². The van der Waals surface area contributed by atoms with Crippen LogP contribution in [0.2, 0.25) is 0 Å². The fourth-order valence-electron chi connectivity index (χ4n) is 1.81. The lowest BCUT2D eigenvalue weighted by molar-refractivity contribution is 1.08.